The number of alkyl carbamates (subject to hydrolysis) is 1. The minimum Gasteiger partial charge on any atom is -0.491 e. The van der Waals surface area contributed by atoms with Crippen LogP contribution in [-0.4, -0.2) is 33.0 Å². The molecular weight excluding hydrogens is 222 g/mol. The van der Waals surface area contributed by atoms with Gasteiger partial charge in [-0.25, -0.2) is 4.79 Å². The molecule has 1 amide bonds. The average molecular weight is 237 g/mol. The Hall–Kier alpha value is -1.75. The molecule has 0 bridgehead atoms. The Kier molecular flexibility index (Phi) is 3.82. The number of rotatable bonds is 5. The summed E-state index contributed by atoms with van der Waals surface area (Å²) >= 11 is 0. The molecule has 17 heavy (non-hydrogen) atoms. The van der Waals surface area contributed by atoms with Gasteiger partial charge in [-0.1, -0.05) is 12.1 Å². The molecule has 1 saturated heterocycles. The van der Waals surface area contributed by atoms with Crippen molar-refractivity contribution in [2.24, 2.45) is 0 Å². The molecule has 1 aromatic carbocycles. The zero-order valence-corrected chi connectivity index (χ0v) is 9.64. The molecule has 5 heteroatoms. The molecule has 1 aromatic rings. The van der Waals surface area contributed by atoms with Gasteiger partial charge in [-0.15, -0.1) is 0 Å². The number of hydrogen-bond acceptors (Lipinski definition) is 4. The summed E-state index contributed by atoms with van der Waals surface area (Å²) in [5.74, 6) is 0.788. The fourth-order valence-corrected chi connectivity index (χ4v) is 1.60. The third-order valence-corrected chi connectivity index (χ3v) is 2.51. The molecule has 0 aromatic heterocycles. The van der Waals surface area contributed by atoms with Crippen LogP contribution in [0.2, 0.25) is 0 Å². The SMILES string of the molecule is COCCOc1ccc([C@H]2COC(=O)N2)cc1. The van der Waals surface area contributed by atoms with Crippen LogP contribution in [0, 0.1) is 0 Å². The molecule has 1 heterocycles. The van der Waals surface area contributed by atoms with Crippen LogP contribution < -0.4 is 10.1 Å². The van der Waals surface area contributed by atoms with Crippen molar-refractivity contribution in [3.05, 3.63) is 29.8 Å². The van der Waals surface area contributed by atoms with Crippen LogP contribution in [0.25, 0.3) is 0 Å². The van der Waals surface area contributed by atoms with Gasteiger partial charge in [0.2, 0.25) is 0 Å². The second kappa shape index (κ2) is 5.54. The second-order valence-corrected chi connectivity index (χ2v) is 3.71. The quantitative estimate of drug-likeness (QED) is 0.788. The van der Waals surface area contributed by atoms with Crippen LogP contribution in [0.3, 0.4) is 0 Å². The molecule has 0 saturated carbocycles. The molecule has 0 spiro atoms. The third kappa shape index (κ3) is 3.10. The first-order chi connectivity index (χ1) is 8.29. The van der Waals surface area contributed by atoms with Gasteiger partial charge in [0.25, 0.3) is 0 Å². The van der Waals surface area contributed by atoms with E-state index in [-0.39, 0.29) is 12.1 Å². The van der Waals surface area contributed by atoms with Crippen molar-refractivity contribution in [3.63, 3.8) is 0 Å². The molecule has 1 N–H and O–H groups in total. The topological polar surface area (TPSA) is 56.8 Å². The Bertz CT molecular complexity index is 377. The average Bonchev–Trinajstić information content (AvgIpc) is 2.77. The molecular formula is C12H15NO4. The predicted octanol–water partition coefficient (Wildman–Crippen LogP) is 1.49. The second-order valence-electron chi connectivity index (χ2n) is 3.71. The van der Waals surface area contributed by atoms with E-state index in [1.165, 1.54) is 0 Å². The Morgan fingerprint density at radius 3 is 2.71 bits per heavy atom. The van der Waals surface area contributed by atoms with Crippen molar-refractivity contribution in [2.75, 3.05) is 26.9 Å². The Balaban J connectivity index is 1.91. The smallest absolute Gasteiger partial charge is 0.407 e. The summed E-state index contributed by atoms with van der Waals surface area (Å²) in [6.07, 6.45) is -0.365. The van der Waals surface area contributed by atoms with Crippen molar-refractivity contribution >= 4 is 6.09 Å². The monoisotopic (exact) mass is 237 g/mol. The molecule has 0 aliphatic carbocycles. The summed E-state index contributed by atoms with van der Waals surface area (Å²) in [5, 5.41) is 2.72. The van der Waals surface area contributed by atoms with E-state index in [4.69, 9.17) is 14.2 Å². The van der Waals surface area contributed by atoms with E-state index in [0.717, 1.165) is 11.3 Å². The largest absolute Gasteiger partial charge is 0.491 e. The summed E-state index contributed by atoms with van der Waals surface area (Å²) < 4.78 is 15.2. The van der Waals surface area contributed by atoms with Crippen LogP contribution in [0.5, 0.6) is 5.75 Å². The predicted molar refractivity (Wildman–Crippen MR) is 61.0 cm³/mol. The van der Waals surface area contributed by atoms with Gasteiger partial charge < -0.3 is 19.5 Å². The lowest BCUT2D eigenvalue weighted by atomic mass is 10.1. The minimum absolute atomic E-state index is 0.0597. The van der Waals surface area contributed by atoms with Crippen molar-refractivity contribution in [2.45, 2.75) is 6.04 Å². The molecule has 0 radical (unpaired) electrons. The van der Waals surface area contributed by atoms with Gasteiger partial charge in [-0.2, -0.15) is 0 Å². The summed E-state index contributed by atoms with van der Waals surface area (Å²) in [4.78, 5) is 10.9. The van der Waals surface area contributed by atoms with E-state index < -0.39 is 0 Å². The van der Waals surface area contributed by atoms with Gasteiger partial charge in [0.05, 0.1) is 12.6 Å². The van der Waals surface area contributed by atoms with Crippen molar-refractivity contribution in [3.8, 4) is 5.75 Å². The number of hydrogen-bond donors (Lipinski definition) is 1. The molecule has 1 aliphatic heterocycles. The highest BCUT2D eigenvalue weighted by Gasteiger charge is 2.23. The van der Waals surface area contributed by atoms with E-state index in [2.05, 4.69) is 5.32 Å². The first-order valence-corrected chi connectivity index (χ1v) is 5.44. The van der Waals surface area contributed by atoms with E-state index in [1.807, 2.05) is 24.3 Å². The molecule has 1 atom stereocenters. The molecule has 1 aliphatic rings. The van der Waals surface area contributed by atoms with Gasteiger partial charge in [0, 0.05) is 7.11 Å². The highest BCUT2D eigenvalue weighted by Crippen LogP contribution is 2.20. The number of cyclic esters (lactones) is 1. The normalized spacial score (nSPS) is 18.6. The van der Waals surface area contributed by atoms with Gasteiger partial charge in [0.1, 0.15) is 19.0 Å². The van der Waals surface area contributed by atoms with E-state index in [9.17, 15) is 4.79 Å². The summed E-state index contributed by atoms with van der Waals surface area (Å²) in [6, 6.07) is 7.52. The molecule has 2 rings (SSSR count). The van der Waals surface area contributed by atoms with Crippen LogP contribution in [-0.2, 0) is 9.47 Å². The lowest BCUT2D eigenvalue weighted by Gasteiger charge is -2.09. The molecule has 0 unspecified atom stereocenters. The maximum absolute atomic E-state index is 10.9. The van der Waals surface area contributed by atoms with Gasteiger partial charge in [-0.05, 0) is 17.7 Å². The number of ether oxygens (including phenoxy) is 3. The van der Waals surface area contributed by atoms with Gasteiger partial charge >= 0.3 is 6.09 Å². The lowest BCUT2D eigenvalue weighted by Crippen LogP contribution is -2.18. The third-order valence-electron chi connectivity index (χ3n) is 2.51. The van der Waals surface area contributed by atoms with Crippen LogP contribution >= 0.6 is 0 Å². The van der Waals surface area contributed by atoms with E-state index >= 15 is 0 Å². The van der Waals surface area contributed by atoms with Crippen LogP contribution in [0.1, 0.15) is 11.6 Å². The van der Waals surface area contributed by atoms with Crippen LogP contribution in [0.15, 0.2) is 24.3 Å². The Labute approximate surface area is 99.7 Å². The number of carbonyl (C=O) groups excluding carboxylic acids is 1. The first-order valence-electron chi connectivity index (χ1n) is 5.44. The van der Waals surface area contributed by atoms with Crippen molar-refractivity contribution in [1.82, 2.24) is 5.32 Å². The van der Waals surface area contributed by atoms with Crippen molar-refractivity contribution < 1.29 is 19.0 Å². The van der Waals surface area contributed by atoms with Gasteiger partial charge in [0.15, 0.2) is 0 Å². The summed E-state index contributed by atoms with van der Waals surface area (Å²) in [7, 11) is 1.63. The number of benzene rings is 1. The first kappa shape index (κ1) is 11.7. The highest BCUT2D eigenvalue weighted by atomic mass is 16.6. The minimum atomic E-state index is -0.365. The maximum atomic E-state index is 10.9. The molecule has 5 nitrogen and oxygen atoms in total. The lowest BCUT2D eigenvalue weighted by molar-refractivity contribution is 0.146. The number of methoxy groups -OCH3 is 1. The fourth-order valence-electron chi connectivity index (χ4n) is 1.60. The number of carbonyl (C=O) groups is 1. The zero-order valence-electron chi connectivity index (χ0n) is 9.64. The van der Waals surface area contributed by atoms with Gasteiger partial charge in [-0.3, -0.25) is 0 Å². The standard InChI is InChI=1S/C12H15NO4/c1-15-6-7-16-10-4-2-9(3-5-10)11-8-17-12(14)13-11/h2-5,11H,6-8H2,1H3,(H,13,14)/t11-/m1/s1. The zero-order chi connectivity index (χ0) is 12.1. The van der Waals surface area contributed by atoms with E-state index in [1.54, 1.807) is 7.11 Å². The molecule has 92 valence electrons. The fraction of sp³-hybridized carbons (Fsp3) is 0.417. The molecule has 1 fully saturated rings. The van der Waals surface area contributed by atoms with Crippen molar-refractivity contribution in [1.29, 1.82) is 0 Å². The van der Waals surface area contributed by atoms with Crippen LogP contribution in [0.4, 0.5) is 4.79 Å². The Morgan fingerprint density at radius 2 is 2.12 bits per heavy atom. The highest BCUT2D eigenvalue weighted by molar-refractivity contribution is 5.70. The maximum Gasteiger partial charge on any atom is 0.407 e. The Morgan fingerprint density at radius 1 is 1.35 bits per heavy atom. The summed E-state index contributed by atoms with van der Waals surface area (Å²) in [5.41, 5.74) is 1.01. The number of amides is 1. The van der Waals surface area contributed by atoms with E-state index in [0.29, 0.717) is 19.8 Å². The number of nitrogens with one attached hydrogen (secondary N) is 1. The summed E-state index contributed by atoms with van der Waals surface area (Å²) in [6.45, 7) is 1.47.